The number of halogens is 3. The Morgan fingerprint density at radius 1 is 1.23 bits per heavy atom. The van der Waals surface area contributed by atoms with Crippen LogP contribution >= 0.6 is 0 Å². The first-order valence-corrected chi connectivity index (χ1v) is 7.11. The number of carbonyl (C=O) groups is 3. The molecular weight excluding hydrogens is 303 g/mol. The van der Waals surface area contributed by atoms with E-state index in [1.54, 1.807) is 0 Å². The molecule has 2 atom stereocenters. The molecule has 2 aliphatic rings. The fraction of sp³-hybridized carbons (Fsp3) is 0.769. The largest absolute Gasteiger partial charge is 0.394 e. The molecule has 0 aromatic carbocycles. The summed E-state index contributed by atoms with van der Waals surface area (Å²) in [4.78, 5) is 37.3. The van der Waals surface area contributed by atoms with Gasteiger partial charge in [0, 0.05) is 26.1 Å². The second kappa shape index (κ2) is 6.13. The smallest absolute Gasteiger partial charge is 0.369 e. The van der Waals surface area contributed by atoms with E-state index in [2.05, 4.69) is 0 Å². The first-order chi connectivity index (χ1) is 10.2. The Bertz CT molecular complexity index is 481. The lowest BCUT2D eigenvalue weighted by Crippen LogP contribution is -2.44. The van der Waals surface area contributed by atoms with Gasteiger partial charge >= 0.3 is 6.18 Å². The Hall–Kier alpha value is -1.80. The Morgan fingerprint density at radius 2 is 1.91 bits per heavy atom. The molecule has 2 aliphatic heterocycles. The van der Waals surface area contributed by atoms with Crippen LogP contribution in [0.1, 0.15) is 19.3 Å². The Kier molecular flexibility index (Phi) is 4.62. The lowest BCUT2D eigenvalue weighted by molar-refractivity contribution is -0.183. The Morgan fingerprint density at radius 3 is 2.41 bits per heavy atom. The van der Waals surface area contributed by atoms with Crippen LogP contribution in [-0.2, 0) is 14.4 Å². The van der Waals surface area contributed by atoms with Crippen LogP contribution in [0.5, 0.6) is 0 Å². The van der Waals surface area contributed by atoms with Crippen molar-refractivity contribution < 1.29 is 27.6 Å². The molecule has 2 fully saturated rings. The molecule has 9 heteroatoms. The van der Waals surface area contributed by atoms with Crippen molar-refractivity contribution >= 4 is 17.7 Å². The molecule has 2 saturated heterocycles. The van der Waals surface area contributed by atoms with Gasteiger partial charge in [-0.25, -0.2) is 0 Å². The SMILES string of the molecule is NC(=O)[C@@H]1CN(C(=O)CN2CCCCC2=O)C[C@H]1C(F)(F)F. The van der Waals surface area contributed by atoms with E-state index >= 15 is 0 Å². The average Bonchev–Trinajstić information content (AvgIpc) is 2.86. The van der Waals surface area contributed by atoms with Crippen molar-refractivity contribution in [3.63, 3.8) is 0 Å². The van der Waals surface area contributed by atoms with E-state index in [4.69, 9.17) is 5.73 Å². The number of likely N-dealkylation sites (tertiary alicyclic amines) is 2. The lowest BCUT2D eigenvalue weighted by atomic mass is 9.95. The Labute approximate surface area is 125 Å². The Balaban J connectivity index is 2.02. The third kappa shape index (κ3) is 3.50. The maximum Gasteiger partial charge on any atom is 0.394 e. The molecule has 22 heavy (non-hydrogen) atoms. The number of amides is 3. The van der Waals surface area contributed by atoms with Crippen LogP contribution in [0.2, 0.25) is 0 Å². The molecule has 2 N–H and O–H groups in total. The van der Waals surface area contributed by atoms with Gasteiger partial charge in [0.2, 0.25) is 17.7 Å². The van der Waals surface area contributed by atoms with Gasteiger partial charge in [-0.1, -0.05) is 0 Å². The molecule has 6 nitrogen and oxygen atoms in total. The number of piperidine rings is 1. The standard InChI is InChI=1S/C13H18F3N3O3/c14-13(15,16)9-6-19(5-8(9)12(17)22)11(21)7-18-4-2-1-3-10(18)20/h8-9H,1-7H2,(H2,17,22)/t8-,9-/m1/s1. The van der Waals surface area contributed by atoms with Gasteiger partial charge < -0.3 is 15.5 Å². The number of carbonyl (C=O) groups excluding carboxylic acids is 3. The third-order valence-corrected chi connectivity index (χ3v) is 4.21. The maximum absolute atomic E-state index is 12.9. The quantitative estimate of drug-likeness (QED) is 0.801. The van der Waals surface area contributed by atoms with Crippen molar-refractivity contribution in [1.82, 2.24) is 9.80 Å². The van der Waals surface area contributed by atoms with Crippen molar-refractivity contribution in [1.29, 1.82) is 0 Å². The molecule has 0 aliphatic carbocycles. The van der Waals surface area contributed by atoms with Gasteiger partial charge in [-0.15, -0.1) is 0 Å². The zero-order valence-corrected chi connectivity index (χ0v) is 11.9. The normalized spacial score (nSPS) is 26.4. The van der Waals surface area contributed by atoms with E-state index in [0.717, 1.165) is 17.7 Å². The fourth-order valence-electron chi connectivity index (χ4n) is 2.92. The highest BCUT2D eigenvalue weighted by Gasteiger charge is 2.52. The molecule has 2 rings (SSSR count). The van der Waals surface area contributed by atoms with Gasteiger partial charge in [-0.3, -0.25) is 14.4 Å². The number of alkyl halides is 3. The topological polar surface area (TPSA) is 83.7 Å². The predicted molar refractivity (Wildman–Crippen MR) is 69.2 cm³/mol. The summed E-state index contributed by atoms with van der Waals surface area (Å²) in [6, 6.07) is 0. The van der Waals surface area contributed by atoms with E-state index < -0.39 is 36.4 Å². The second-order valence-corrected chi connectivity index (χ2v) is 5.73. The van der Waals surface area contributed by atoms with Crippen LogP contribution in [0.3, 0.4) is 0 Å². The van der Waals surface area contributed by atoms with Crippen LogP contribution in [0.4, 0.5) is 13.2 Å². The molecule has 0 aromatic heterocycles. The summed E-state index contributed by atoms with van der Waals surface area (Å²) < 4.78 is 38.8. The van der Waals surface area contributed by atoms with E-state index in [-0.39, 0.29) is 19.0 Å². The van der Waals surface area contributed by atoms with Gasteiger partial charge in [0.05, 0.1) is 18.4 Å². The van der Waals surface area contributed by atoms with Gasteiger partial charge in [-0.05, 0) is 12.8 Å². The van der Waals surface area contributed by atoms with Crippen molar-refractivity contribution in [3.8, 4) is 0 Å². The van der Waals surface area contributed by atoms with Gasteiger partial charge in [0.1, 0.15) is 0 Å². The van der Waals surface area contributed by atoms with Crippen LogP contribution in [0.15, 0.2) is 0 Å². The molecule has 0 saturated carbocycles. The van der Waals surface area contributed by atoms with E-state index in [9.17, 15) is 27.6 Å². The zero-order chi connectivity index (χ0) is 16.5. The minimum Gasteiger partial charge on any atom is -0.369 e. The molecule has 0 bridgehead atoms. The summed E-state index contributed by atoms with van der Waals surface area (Å²) in [6.45, 7) is -0.742. The average molecular weight is 321 g/mol. The highest BCUT2D eigenvalue weighted by atomic mass is 19.4. The zero-order valence-electron chi connectivity index (χ0n) is 11.9. The van der Waals surface area contributed by atoms with Crippen LogP contribution in [0, 0.1) is 11.8 Å². The van der Waals surface area contributed by atoms with Crippen LogP contribution < -0.4 is 5.73 Å². The maximum atomic E-state index is 12.9. The number of nitrogens with zero attached hydrogens (tertiary/aromatic N) is 2. The van der Waals surface area contributed by atoms with Crippen molar-refractivity contribution in [2.75, 3.05) is 26.2 Å². The summed E-state index contributed by atoms with van der Waals surface area (Å²) >= 11 is 0. The minimum atomic E-state index is -4.59. The van der Waals surface area contributed by atoms with Crippen molar-refractivity contribution in [3.05, 3.63) is 0 Å². The lowest BCUT2D eigenvalue weighted by Gasteiger charge is -2.28. The number of primary amides is 1. The summed E-state index contributed by atoms with van der Waals surface area (Å²) in [7, 11) is 0. The molecule has 2 heterocycles. The molecule has 0 aromatic rings. The molecule has 0 radical (unpaired) electrons. The van der Waals surface area contributed by atoms with Gasteiger partial charge in [-0.2, -0.15) is 13.2 Å². The molecule has 0 unspecified atom stereocenters. The minimum absolute atomic E-state index is 0.169. The number of hydrogen-bond acceptors (Lipinski definition) is 3. The summed E-state index contributed by atoms with van der Waals surface area (Å²) in [6.07, 6.45) is -2.71. The van der Waals surface area contributed by atoms with Gasteiger partial charge in [0.25, 0.3) is 0 Å². The van der Waals surface area contributed by atoms with Gasteiger partial charge in [0.15, 0.2) is 0 Å². The third-order valence-electron chi connectivity index (χ3n) is 4.21. The monoisotopic (exact) mass is 321 g/mol. The summed E-state index contributed by atoms with van der Waals surface area (Å²) in [5.41, 5.74) is 5.01. The second-order valence-electron chi connectivity index (χ2n) is 5.73. The first kappa shape index (κ1) is 16.6. The molecule has 0 spiro atoms. The van der Waals surface area contributed by atoms with Crippen molar-refractivity contribution in [2.24, 2.45) is 17.6 Å². The van der Waals surface area contributed by atoms with E-state index in [1.807, 2.05) is 0 Å². The first-order valence-electron chi connectivity index (χ1n) is 7.11. The highest BCUT2D eigenvalue weighted by molar-refractivity contribution is 5.86. The van der Waals surface area contributed by atoms with E-state index in [1.165, 1.54) is 4.90 Å². The molecular formula is C13H18F3N3O3. The number of hydrogen-bond donors (Lipinski definition) is 1. The number of nitrogens with two attached hydrogens (primary N) is 1. The van der Waals surface area contributed by atoms with Crippen LogP contribution in [0.25, 0.3) is 0 Å². The highest BCUT2D eigenvalue weighted by Crippen LogP contribution is 2.37. The van der Waals surface area contributed by atoms with Crippen molar-refractivity contribution in [2.45, 2.75) is 25.4 Å². The summed E-state index contributed by atoms with van der Waals surface area (Å²) in [5.74, 6) is -5.18. The predicted octanol–water partition coefficient (Wildman–Crippen LogP) is 0.121. The molecule has 124 valence electrons. The number of rotatable bonds is 3. The summed E-state index contributed by atoms with van der Waals surface area (Å²) in [5, 5.41) is 0. The fourth-order valence-corrected chi connectivity index (χ4v) is 2.92. The van der Waals surface area contributed by atoms with E-state index in [0.29, 0.717) is 13.0 Å². The van der Waals surface area contributed by atoms with Crippen LogP contribution in [-0.4, -0.2) is 59.9 Å². The molecule has 3 amide bonds.